The Morgan fingerprint density at radius 3 is 2.53 bits per heavy atom. The average molecular weight is 207 g/mol. The third-order valence-corrected chi connectivity index (χ3v) is 2.48. The van der Waals surface area contributed by atoms with Crippen molar-refractivity contribution in [1.82, 2.24) is 4.90 Å². The molecule has 1 aromatic rings. The highest BCUT2D eigenvalue weighted by atomic mass is 16.3. The fraction of sp³-hybridized carbons (Fsp3) is 0.417. The van der Waals surface area contributed by atoms with Gasteiger partial charge in [-0.15, -0.1) is 0 Å². The first kappa shape index (κ1) is 11.6. The quantitative estimate of drug-likeness (QED) is 0.807. The smallest absolute Gasteiger partial charge is 0.257 e. The number of carbonyl (C=O) groups excluding carboxylic acids is 1. The van der Waals surface area contributed by atoms with E-state index in [-0.39, 0.29) is 17.7 Å². The number of rotatable bonds is 2. The van der Waals surface area contributed by atoms with E-state index in [4.69, 9.17) is 0 Å². The molecular weight excluding hydrogens is 190 g/mol. The Bertz CT molecular complexity index is 372. The molecule has 1 N–H and O–H groups in total. The molecule has 0 aliphatic heterocycles. The summed E-state index contributed by atoms with van der Waals surface area (Å²) in [6, 6.07) is 5.16. The van der Waals surface area contributed by atoms with Gasteiger partial charge in [-0.3, -0.25) is 4.79 Å². The molecule has 0 aliphatic rings. The summed E-state index contributed by atoms with van der Waals surface area (Å²) in [7, 11) is 1.73. The second-order valence-corrected chi connectivity index (χ2v) is 4.03. The van der Waals surface area contributed by atoms with E-state index < -0.39 is 0 Å². The summed E-state index contributed by atoms with van der Waals surface area (Å²) in [5.74, 6) is -0.107. The fourth-order valence-electron chi connectivity index (χ4n) is 1.25. The molecule has 1 amide bonds. The molecule has 0 spiro atoms. The normalized spacial score (nSPS) is 10.5. The van der Waals surface area contributed by atoms with Gasteiger partial charge in [0.2, 0.25) is 0 Å². The molecule has 1 aromatic carbocycles. The van der Waals surface area contributed by atoms with Crippen molar-refractivity contribution in [3.8, 4) is 5.75 Å². The largest absolute Gasteiger partial charge is 0.507 e. The number of aromatic hydroxyl groups is 1. The minimum atomic E-state index is -0.147. The summed E-state index contributed by atoms with van der Waals surface area (Å²) < 4.78 is 0. The molecule has 0 radical (unpaired) electrons. The number of hydrogen-bond donors (Lipinski definition) is 1. The Balaban J connectivity index is 3.05. The summed E-state index contributed by atoms with van der Waals surface area (Å²) in [6.07, 6.45) is 0. The van der Waals surface area contributed by atoms with Crippen molar-refractivity contribution < 1.29 is 9.90 Å². The monoisotopic (exact) mass is 207 g/mol. The lowest BCUT2D eigenvalue weighted by Gasteiger charge is -2.22. The lowest BCUT2D eigenvalue weighted by atomic mass is 10.1. The molecule has 82 valence electrons. The second kappa shape index (κ2) is 4.34. The molecule has 0 heterocycles. The lowest BCUT2D eigenvalue weighted by Crippen LogP contribution is -2.33. The van der Waals surface area contributed by atoms with Crippen molar-refractivity contribution >= 4 is 5.91 Å². The minimum absolute atomic E-state index is 0.0399. The van der Waals surface area contributed by atoms with Crippen LogP contribution in [0, 0.1) is 6.92 Å². The van der Waals surface area contributed by atoms with Crippen LogP contribution in [0.15, 0.2) is 18.2 Å². The van der Waals surface area contributed by atoms with Crippen molar-refractivity contribution in [3.05, 3.63) is 29.3 Å². The number of carbonyl (C=O) groups is 1. The molecule has 3 nitrogen and oxygen atoms in total. The van der Waals surface area contributed by atoms with Crippen molar-refractivity contribution in [2.75, 3.05) is 7.05 Å². The first-order valence-corrected chi connectivity index (χ1v) is 5.00. The molecule has 1 rings (SSSR count). The van der Waals surface area contributed by atoms with Crippen LogP contribution in [-0.2, 0) is 0 Å². The number of phenolic OH excluding ortho intramolecular Hbond substituents is 1. The minimum Gasteiger partial charge on any atom is -0.507 e. The summed E-state index contributed by atoms with van der Waals surface area (Å²) in [6.45, 7) is 5.76. The van der Waals surface area contributed by atoms with Crippen LogP contribution in [-0.4, -0.2) is 29.0 Å². The van der Waals surface area contributed by atoms with Gasteiger partial charge in [0.05, 0.1) is 5.56 Å². The van der Waals surface area contributed by atoms with Gasteiger partial charge in [-0.05, 0) is 32.9 Å². The zero-order valence-electron chi connectivity index (χ0n) is 9.61. The van der Waals surface area contributed by atoms with E-state index in [0.29, 0.717) is 5.56 Å². The summed E-state index contributed by atoms with van der Waals surface area (Å²) in [5.41, 5.74) is 1.33. The third kappa shape index (κ3) is 2.49. The summed E-state index contributed by atoms with van der Waals surface area (Å²) in [4.78, 5) is 13.5. The van der Waals surface area contributed by atoms with E-state index in [9.17, 15) is 9.90 Å². The highest BCUT2D eigenvalue weighted by Crippen LogP contribution is 2.20. The number of nitrogens with zero attached hydrogens (tertiary/aromatic N) is 1. The van der Waals surface area contributed by atoms with E-state index in [1.54, 1.807) is 30.1 Å². The zero-order valence-corrected chi connectivity index (χ0v) is 9.61. The van der Waals surface area contributed by atoms with Crippen LogP contribution in [0.4, 0.5) is 0 Å². The predicted molar refractivity (Wildman–Crippen MR) is 60.1 cm³/mol. The topological polar surface area (TPSA) is 40.5 Å². The number of amides is 1. The Kier molecular flexibility index (Phi) is 3.35. The zero-order chi connectivity index (χ0) is 11.6. The molecule has 0 saturated heterocycles. The number of benzene rings is 1. The lowest BCUT2D eigenvalue weighted by molar-refractivity contribution is 0.0752. The third-order valence-electron chi connectivity index (χ3n) is 2.48. The van der Waals surface area contributed by atoms with Crippen LogP contribution < -0.4 is 0 Å². The van der Waals surface area contributed by atoms with Crippen molar-refractivity contribution in [2.45, 2.75) is 26.8 Å². The van der Waals surface area contributed by atoms with Gasteiger partial charge in [-0.1, -0.05) is 11.6 Å². The van der Waals surface area contributed by atoms with Crippen LogP contribution in [0.1, 0.15) is 29.8 Å². The van der Waals surface area contributed by atoms with Gasteiger partial charge >= 0.3 is 0 Å². The molecule has 15 heavy (non-hydrogen) atoms. The molecule has 0 aliphatic carbocycles. The van der Waals surface area contributed by atoms with Gasteiger partial charge in [0.1, 0.15) is 5.75 Å². The molecule has 3 heteroatoms. The van der Waals surface area contributed by atoms with E-state index >= 15 is 0 Å². The molecule has 0 unspecified atom stereocenters. The van der Waals surface area contributed by atoms with E-state index in [1.165, 1.54) is 0 Å². The van der Waals surface area contributed by atoms with Gasteiger partial charge in [0, 0.05) is 13.1 Å². The van der Waals surface area contributed by atoms with Gasteiger partial charge in [-0.25, -0.2) is 0 Å². The van der Waals surface area contributed by atoms with E-state index in [2.05, 4.69) is 0 Å². The summed E-state index contributed by atoms with van der Waals surface area (Å²) in [5, 5.41) is 9.59. The van der Waals surface area contributed by atoms with Gasteiger partial charge in [-0.2, -0.15) is 0 Å². The first-order chi connectivity index (χ1) is 6.93. The summed E-state index contributed by atoms with van der Waals surface area (Å²) >= 11 is 0. The Morgan fingerprint density at radius 1 is 1.40 bits per heavy atom. The molecular formula is C12H17NO2. The average Bonchev–Trinajstić information content (AvgIpc) is 2.19. The molecule has 0 aromatic heterocycles. The van der Waals surface area contributed by atoms with Crippen LogP contribution >= 0.6 is 0 Å². The van der Waals surface area contributed by atoms with Crippen LogP contribution in [0.25, 0.3) is 0 Å². The van der Waals surface area contributed by atoms with Crippen LogP contribution in [0.3, 0.4) is 0 Å². The van der Waals surface area contributed by atoms with Gasteiger partial charge in [0.25, 0.3) is 5.91 Å². The van der Waals surface area contributed by atoms with Crippen LogP contribution in [0.5, 0.6) is 5.75 Å². The number of hydrogen-bond acceptors (Lipinski definition) is 2. The van der Waals surface area contributed by atoms with Crippen LogP contribution in [0.2, 0.25) is 0 Å². The van der Waals surface area contributed by atoms with Crippen molar-refractivity contribution in [1.29, 1.82) is 0 Å². The van der Waals surface area contributed by atoms with E-state index in [1.807, 2.05) is 20.8 Å². The van der Waals surface area contributed by atoms with Gasteiger partial charge in [0.15, 0.2) is 0 Å². The van der Waals surface area contributed by atoms with Gasteiger partial charge < -0.3 is 10.0 Å². The molecule has 0 fully saturated rings. The Hall–Kier alpha value is -1.51. The molecule has 0 bridgehead atoms. The first-order valence-electron chi connectivity index (χ1n) is 5.00. The van der Waals surface area contributed by atoms with Crippen molar-refractivity contribution in [2.24, 2.45) is 0 Å². The Morgan fingerprint density at radius 2 is 2.00 bits per heavy atom. The SMILES string of the molecule is Cc1ccc(O)c(C(=O)N(C)C(C)C)c1. The highest BCUT2D eigenvalue weighted by molar-refractivity contribution is 5.97. The maximum Gasteiger partial charge on any atom is 0.257 e. The number of phenols is 1. The van der Waals surface area contributed by atoms with Crippen molar-refractivity contribution in [3.63, 3.8) is 0 Å². The van der Waals surface area contributed by atoms with E-state index in [0.717, 1.165) is 5.56 Å². The highest BCUT2D eigenvalue weighted by Gasteiger charge is 2.17. The maximum atomic E-state index is 11.9. The number of aryl methyl sites for hydroxylation is 1. The molecule has 0 saturated carbocycles. The fourth-order valence-corrected chi connectivity index (χ4v) is 1.25. The second-order valence-electron chi connectivity index (χ2n) is 4.03. The predicted octanol–water partition coefficient (Wildman–Crippen LogP) is 2.18. The standard InChI is InChI=1S/C12H17NO2/c1-8(2)13(4)12(15)10-7-9(3)5-6-11(10)14/h5-8,14H,1-4H3. The molecule has 0 atom stereocenters. The maximum absolute atomic E-state index is 11.9. The Labute approximate surface area is 90.3 Å².